The zero-order chi connectivity index (χ0) is 22.2. The first-order valence-electron chi connectivity index (χ1n) is 9.72. The summed E-state index contributed by atoms with van der Waals surface area (Å²) in [4.78, 5) is 31.2. The number of benzene rings is 1. The number of nitrogens with zero attached hydrogens (tertiary/aromatic N) is 2. The van der Waals surface area contributed by atoms with E-state index in [4.69, 9.17) is 18.9 Å². The van der Waals surface area contributed by atoms with Gasteiger partial charge >= 0.3 is 0 Å². The fourth-order valence-corrected chi connectivity index (χ4v) is 3.12. The lowest BCUT2D eigenvalue weighted by Gasteiger charge is -2.27. The molecule has 2 aromatic rings. The second kappa shape index (κ2) is 10.5. The van der Waals surface area contributed by atoms with E-state index in [1.807, 2.05) is 6.07 Å². The second-order valence-electron chi connectivity index (χ2n) is 6.65. The van der Waals surface area contributed by atoms with E-state index in [0.29, 0.717) is 36.1 Å². The van der Waals surface area contributed by atoms with Crippen molar-refractivity contribution in [3.8, 4) is 17.2 Å². The van der Waals surface area contributed by atoms with Crippen LogP contribution in [0.2, 0.25) is 0 Å². The maximum Gasteiger partial charge on any atom is 0.251 e. The van der Waals surface area contributed by atoms with Crippen LogP contribution < -0.4 is 29.7 Å². The highest BCUT2D eigenvalue weighted by molar-refractivity contribution is 6.00. The molecule has 2 N–H and O–H groups in total. The van der Waals surface area contributed by atoms with Crippen molar-refractivity contribution in [3.05, 3.63) is 36.0 Å². The summed E-state index contributed by atoms with van der Waals surface area (Å²) in [6.07, 6.45) is 1.59. The number of rotatable bonds is 8. The Labute approximate surface area is 180 Å². The van der Waals surface area contributed by atoms with Gasteiger partial charge in [0.25, 0.3) is 5.91 Å². The van der Waals surface area contributed by atoms with Gasteiger partial charge in [-0.15, -0.1) is 0 Å². The molecule has 1 fully saturated rings. The molecule has 0 spiro atoms. The molecule has 1 saturated heterocycles. The molecule has 166 valence electrons. The summed E-state index contributed by atoms with van der Waals surface area (Å²) in [7, 11) is 4.41. The van der Waals surface area contributed by atoms with E-state index in [1.165, 1.54) is 33.5 Å². The molecule has 1 aliphatic rings. The first-order chi connectivity index (χ1) is 15.0. The molecule has 0 bridgehead atoms. The first-order valence-corrected chi connectivity index (χ1v) is 9.72. The van der Waals surface area contributed by atoms with Crippen LogP contribution in [0.3, 0.4) is 0 Å². The molecule has 0 aliphatic carbocycles. The van der Waals surface area contributed by atoms with Crippen LogP contribution in [0.15, 0.2) is 30.5 Å². The fourth-order valence-electron chi connectivity index (χ4n) is 3.12. The van der Waals surface area contributed by atoms with Crippen LogP contribution in [-0.2, 0) is 9.53 Å². The van der Waals surface area contributed by atoms with Crippen molar-refractivity contribution < 1.29 is 28.5 Å². The van der Waals surface area contributed by atoms with Gasteiger partial charge in [0, 0.05) is 18.7 Å². The van der Waals surface area contributed by atoms with Gasteiger partial charge in [-0.1, -0.05) is 0 Å². The van der Waals surface area contributed by atoms with Crippen LogP contribution in [0.25, 0.3) is 0 Å². The molecule has 10 heteroatoms. The molecule has 0 atom stereocenters. The highest BCUT2D eigenvalue weighted by Crippen LogP contribution is 2.38. The molecule has 0 unspecified atom stereocenters. The highest BCUT2D eigenvalue weighted by Gasteiger charge is 2.18. The Morgan fingerprint density at radius 1 is 1.06 bits per heavy atom. The van der Waals surface area contributed by atoms with Crippen LogP contribution in [0.5, 0.6) is 17.2 Å². The largest absolute Gasteiger partial charge is 0.493 e. The van der Waals surface area contributed by atoms with Gasteiger partial charge in [0.1, 0.15) is 5.82 Å². The van der Waals surface area contributed by atoms with Crippen LogP contribution in [-0.4, -0.2) is 71.0 Å². The predicted octanol–water partition coefficient (Wildman–Crippen LogP) is 1.31. The minimum Gasteiger partial charge on any atom is -0.493 e. The Kier molecular flexibility index (Phi) is 7.50. The number of ether oxygens (including phenoxy) is 4. The number of hydrogen-bond acceptors (Lipinski definition) is 8. The van der Waals surface area contributed by atoms with E-state index in [0.717, 1.165) is 18.9 Å². The molecule has 0 radical (unpaired) electrons. The summed E-state index contributed by atoms with van der Waals surface area (Å²) in [6.45, 7) is 2.70. The van der Waals surface area contributed by atoms with Crippen LogP contribution in [0, 0.1) is 0 Å². The minimum atomic E-state index is -0.449. The third-order valence-corrected chi connectivity index (χ3v) is 4.70. The third kappa shape index (κ3) is 5.54. The van der Waals surface area contributed by atoms with Crippen molar-refractivity contribution in [2.45, 2.75) is 0 Å². The Hall–Kier alpha value is -3.53. The van der Waals surface area contributed by atoms with E-state index in [9.17, 15) is 9.59 Å². The lowest BCUT2D eigenvalue weighted by Crippen LogP contribution is -2.36. The van der Waals surface area contributed by atoms with E-state index in [1.54, 1.807) is 12.3 Å². The summed E-state index contributed by atoms with van der Waals surface area (Å²) >= 11 is 0. The molecular formula is C21H26N4O6. The molecule has 2 amide bonds. The number of carbonyl (C=O) groups excluding carboxylic acids is 2. The molecule has 1 aromatic heterocycles. The zero-order valence-corrected chi connectivity index (χ0v) is 17.8. The molecule has 3 rings (SSSR count). The normalized spacial score (nSPS) is 13.3. The monoisotopic (exact) mass is 430 g/mol. The summed E-state index contributed by atoms with van der Waals surface area (Å²) in [5, 5.41) is 5.29. The number of morpholine rings is 1. The Morgan fingerprint density at radius 3 is 2.29 bits per heavy atom. The lowest BCUT2D eigenvalue weighted by atomic mass is 10.1. The Bertz CT molecular complexity index is 888. The number of methoxy groups -OCH3 is 3. The summed E-state index contributed by atoms with van der Waals surface area (Å²) in [6, 6.07) is 6.65. The maximum absolute atomic E-state index is 12.5. The quantitative estimate of drug-likeness (QED) is 0.645. The SMILES string of the molecule is COc1cc(C(=O)NCC(=O)Nc2ccc(N3CCOCC3)nc2)cc(OC)c1OC. The number of anilines is 2. The van der Waals surface area contributed by atoms with Gasteiger partial charge in [-0.2, -0.15) is 0 Å². The Morgan fingerprint density at radius 2 is 1.74 bits per heavy atom. The van der Waals surface area contributed by atoms with Crippen LogP contribution in [0.1, 0.15) is 10.4 Å². The highest BCUT2D eigenvalue weighted by atomic mass is 16.5. The van der Waals surface area contributed by atoms with Crippen LogP contribution >= 0.6 is 0 Å². The van der Waals surface area contributed by atoms with E-state index in [-0.39, 0.29) is 18.0 Å². The summed E-state index contributed by atoms with van der Waals surface area (Å²) in [5.41, 5.74) is 0.822. The average Bonchev–Trinajstić information content (AvgIpc) is 2.82. The molecule has 31 heavy (non-hydrogen) atoms. The standard InChI is InChI=1S/C21H26N4O6/c1-28-16-10-14(11-17(29-2)20(16)30-3)21(27)23-13-19(26)24-15-4-5-18(22-12-15)25-6-8-31-9-7-25/h4-5,10-12H,6-9,13H2,1-3H3,(H,23,27)(H,24,26). The summed E-state index contributed by atoms with van der Waals surface area (Å²) in [5.74, 6) is 1.09. The molecule has 1 aliphatic heterocycles. The molecule has 1 aromatic carbocycles. The van der Waals surface area contributed by atoms with Crippen molar-refractivity contribution in [1.82, 2.24) is 10.3 Å². The zero-order valence-electron chi connectivity index (χ0n) is 17.8. The van der Waals surface area contributed by atoms with E-state index >= 15 is 0 Å². The average molecular weight is 430 g/mol. The number of aromatic nitrogens is 1. The Balaban J connectivity index is 1.56. The summed E-state index contributed by atoms with van der Waals surface area (Å²) < 4.78 is 21.1. The van der Waals surface area contributed by atoms with Gasteiger partial charge in [-0.05, 0) is 24.3 Å². The number of nitrogens with one attached hydrogen (secondary N) is 2. The number of carbonyl (C=O) groups is 2. The maximum atomic E-state index is 12.5. The van der Waals surface area contributed by atoms with Crippen molar-refractivity contribution in [2.75, 3.05) is 64.4 Å². The molecular weight excluding hydrogens is 404 g/mol. The van der Waals surface area contributed by atoms with Gasteiger partial charge < -0.3 is 34.5 Å². The van der Waals surface area contributed by atoms with Gasteiger partial charge in [-0.3, -0.25) is 9.59 Å². The minimum absolute atomic E-state index is 0.208. The molecule has 0 saturated carbocycles. The van der Waals surface area contributed by atoms with Crippen molar-refractivity contribution >= 4 is 23.3 Å². The fraction of sp³-hybridized carbons (Fsp3) is 0.381. The van der Waals surface area contributed by atoms with E-state index < -0.39 is 5.91 Å². The third-order valence-electron chi connectivity index (χ3n) is 4.70. The number of amides is 2. The smallest absolute Gasteiger partial charge is 0.251 e. The van der Waals surface area contributed by atoms with Crippen molar-refractivity contribution in [1.29, 1.82) is 0 Å². The van der Waals surface area contributed by atoms with Crippen molar-refractivity contribution in [2.24, 2.45) is 0 Å². The van der Waals surface area contributed by atoms with Gasteiger partial charge in [0.05, 0.1) is 53.0 Å². The van der Waals surface area contributed by atoms with E-state index in [2.05, 4.69) is 20.5 Å². The van der Waals surface area contributed by atoms with Gasteiger partial charge in [0.2, 0.25) is 11.7 Å². The predicted molar refractivity (Wildman–Crippen MR) is 114 cm³/mol. The van der Waals surface area contributed by atoms with Crippen LogP contribution in [0.4, 0.5) is 11.5 Å². The molecule has 10 nitrogen and oxygen atoms in total. The first kappa shape index (κ1) is 22.2. The second-order valence-corrected chi connectivity index (χ2v) is 6.65. The topological polar surface area (TPSA) is 111 Å². The lowest BCUT2D eigenvalue weighted by molar-refractivity contribution is -0.115. The molecule has 2 heterocycles. The number of hydrogen-bond donors (Lipinski definition) is 2. The van der Waals surface area contributed by atoms with Crippen molar-refractivity contribution in [3.63, 3.8) is 0 Å². The van der Waals surface area contributed by atoms with Gasteiger partial charge in [0.15, 0.2) is 11.5 Å². The number of pyridine rings is 1. The van der Waals surface area contributed by atoms with Gasteiger partial charge in [-0.25, -0.2) is 4.98 Å².